The Labute approximate surface area is 213 Å². The highest BCUT2D eigenvalue weighted by atomic mass is 19.4. The molecule has 0 N–H and O–H groups in total. The Morgan fingerprint density at radius 1 is 0.892 bits per heavy atom. The summed E-state index contributed by atoms with van der Waals surface area (Å²) in [6.45, 7) is 3.57. The van der Waals surface area contributed by atoms with Crippen molar-refractivity contribution in [2.75, 3.05) is 26.2 Å². The molecule has 0 radical (unpaired) electrons. The number of amides is 1. The predicted molar refractivity (Wildman–Crippen MR) is 132 cm³/mol. The number of aromatic nitrogens is 4. The lowest BCUT2D eigenvalue weighted by molar-refractivity contribution is -0.137. The number of hydrogen-bond acceptors (Lipinski definition) is 5. The number of carbonyl (C=O) groups excluding carboxylic acids is 1. The van der Waals surface area contributed by atoms with E-state index in [9.17, 15) is 18.0 Å². The van der Waals surface area contributed by atoms with Crippen molar-refractivity contribution in [1.29, 1.82) is 0 Å². The molecule has 194 valence electrons. The highest BCUT2D eigenvalue weighted by Crippen LogP contribution is 2.43. The fourth-order valence-electron chi connectivity index (χ4n) is 5.68. The number of imidazole rings is 1. The molecule has 0 atom stereocenters. The molecule has 2 aliphatic heterocycles. The zero-order chi connectivity index (χ0) is 25.6. The van der Waals surface area contributed by atoms with Gasteiger partial charge in [0.15, 0.2) is 0 Å². The van der Waals surface area contributed by atoms with Crippen LogP contribution in [0.25, 0.3) is 22.6 Å². The molecule has 3 fully saturated rings. The summed E-state index contributed by atoms with van der Waals surface area (Å²) in [5, 5.41) is 0. The standard InChI is InChI=1S/C27H29F3N6O/c28-27(29,30)20-5-3-4-18(14-20)25-33-23(19-15-31-17-32-16-19)24(36(25)22-6-7-22)26(37)35-12-8-21(9-13-35)34-10-1-2-11-34/h3-5,14-17,21-22H,1-2,6-13H2. The molecule has 4 heterocycles. The molecule has 2 saturated heterocycles. The van der Waals surface area contributed by atoms with Gasteiger partial charge in [0.25, 0.3) is 5.91 Å². The molecular weight excluding hydrogens is 481 g/mol. The third-order valence-corrected chi connectivity index (χ3v) is 7.72. The lowest BCUT2D eigenvalue weighted by Gasteiger charge is -2.36. The molecule has 3 aromatic rings. The monoisotopic (exact) mass is 510 g/mol. The van der Waals surface area contributed by atoms with Crippen LogP contribution in [0, 0.1) is 0 Å². The van der Waals surface area contributed by atoms with Gasteiger partial charge < -0.3 is 14.4 Å². The van der Waals surface area contributed by atoms with Crippen molar-refractivity contribution in [3.05, 3.63) is 54.2 Å². The van der Waals surface area contributed by atoms with Gasteiger partial charge in [0.2, 0.25) is 0 Å². The molecule has 37 heavy (non-hydrogen) atoms. The van der Waals surface area contributed by atoms with Crippen LogP contribution in [0.3, 0.4) is 0 Å². The first-order valence-electron chi connectivity index (χ1n) is 13.0. The summed E-state index contributed by atoms with van der Waals surface area (Å²) in [7, 11) is 0. The summed E-state index contributed by atoms with van der Waals surface area (Å²) >= 11 is 0. The van der Waals surface area contributed by atoms with Crippen molar-refractivity contribution in [2.24, 2.45) is 0 Å². The van der Waals surface area contributed by atoms with Crippen molar-refractivity contribution in [3.63, 3.8) is 0 Å². The minimum atomic E-state index is -4.47. The van der Waals surface area contributed by atoms with Gasteiger partial charge in [-0.05, 0) is 63.7 Å². The molecule has 2 aromatic heterocycles. The van der Waals surface area contributed by atoms with Crippen molar-refractivity contribution >= 4 is 5.91 Å². The molecule has 1 amide bonds. The van der Waals surface area contributed by atoms with E-state index in [-0.39, 0.29) is 11.9 Å². The van der Waals surface area contributed by atoms with E-state index in [0.717, 1.165) is 50.9 Å². The van der Waals surface area contributed by atoms with Gasteiger partial charge >= 0.3 is 6.18 Å². The van der Waals surface area contributed by atoms with E-state index in [1.54, 1.807) is 18.5 Å². The number of nitrogens with zero attached hydrogens (tertiary/aromatic N) is 6. The number of carbonyl (C=O) groups is 1. The topological polar surface area (TPSA) is 67.2 Å². The van der Waals surface area contributed by atoms with Gasteiger partial charge in [-0.2, -0.15) is 13.2 Å². The van der Waals surface area contributed by atoms with Gasteiger partial charge in [-0.3, -0.25) is 4.79 Å². The van der Waals surface area contributed by atoms with Gasteiger partial charge in [-0.25, -0.2) is 15.0 Å². The Hall–Kier alpha value is -3.27. The van der Waals surface area contributed by atoms with Gasteiger partial charge in [0.1, 0.15) is 23.5 Å². The molecule has 1 saturated carbocycles. The fraction of sp³-hybridized carbons (Fsp3) is 0.481. The van der Waals surface area contributed by atoms with Crippen LogP contribution in [0.1, 0.15) is 60.6 Å². The molecule has 1 aliphatic carbocycles. The second kappa shape index (κ2) is 9.55. The molecule has 10 heteroatoms. The first kappa shape index (κ1) is 24.1. The SMILES string of the molecule is O=C(c1c(-c2cncnc2)nc(-c2cccc(C(F)(F)F)c2)n1C1CC1)N1CCC(N2CCCC2)CC1. The molecule has 0 spiro atoms. The lowest BCUT2D eigenvalue weighted by atomic mass is 10.0. The highest BCUT2D eigenvalue weighted by molar-refractivity contribution is 5.99. The molecule has 0 bridgehead atoms. The van der Waals surface area contributed by atoms with Crippen molar-refractivity contribution in [3.8, 4) is 22.6 Å². The quantitative estimate of drug-likeness (QED) is 0.480. The van der Waals surface area contributed by atoms with E-state index in [1.165, 1.54) is 25.2 Å². The van der Waals surface area contributed by atoms with Crippen molar-refractivity contribution in [2.45, 2.75) is 56.8 Å². The van der Waals surface area contributed by atoms with E-state index in [0.29, 0.717) is 47.5 Å². The summed E-state index contributed by atoms with van der Waals surface area (Å²) in [6, 6.07) is 5.70. The number of alkyl halides is 3. The van der Waals surface area contributed by atoms with E-state index in [1.807, 2.05) is 9.47 Å². The Bertz CT molecular complexity index is 1270. The smallest absolute Gasteiger partial charge is 0.337 e. The van der Waals surface area contributed by atoms with Crippen LogP contribution in [0.2, 0.25) is 0 Å². The van der Waals surface area contributed by atoms with E-state index in [4.69, 9.17) is 4.98 Å². The fourth-order valence-corrected chi connectivity index (χ4v) is 5.68. The van der Waals surface area contributed by atoms with Gasteiger partial charge in [-0.15, -0.1) is 0 Å². The summed E-state index contributed by atoms with van der Waals surface area (Å²) in [6.07, 6.45) is 6.15. The Morgan fingerprint density at radius 2 is 1.59 bits per heavy atom. The second-order valence-corrected chi connectivity index (χ2v) is 10.2. The number of piperidine rings is 1. The third kappa shape index (κ3) is 4.74. The summed E-state index contributed by atoms with van der Waals surface area (Å²) in [5.74, 6) is 0.249. The zero-order valence-electron chi connectivity index (χ0n) is 20.5. The van der Waals surface area contributed by atoms with Gasteiger partial charge in [-0.1, -0.05) is 12.1 Å². The average Bonchev–Trinajstić information content (AvgIpc) is 3.45. The van der Waals surface area contributed by atoms with Gasteiger partial charge in [0.05, 0.1) is 5.56 Å². The number of rotatable bonds is 5. The number of benzene rings is 1. The number of hydrogen-bond donors (Lipinski definition) is 0. The largest absolute Gasteiger partial charge is 0.416 e. The third-order valence-electron chi connectivity index (χ3n) is 7.72. The lowest BCUT2D eigenvalue weighted by Crippen LogP contribution is -2.46. The second-order valence-electron chi connectivity index (χ2n) is 10.2. The van der Waals surface area contributed by atoms with Crippen LogP contribution in [-0.4, -0.2) is 67.4 Å². The molecular formula is C27H29F3N6O. The van der Waals surface area contributed by atoms with Gasteiger partial charge in [0, 0.05) is 48.7 Å². The first-order chi connectivity index (χ1) is 17.9. The maximum absolute atomic E-state index is 14.1. The van der Waals surface area contributed by atoms with Crippen LogP contribution < -0.4 is 0 Å². The van der Waals surface area contributed by atoms with Crippen LogP contribution in [0.4, 0.5) is 13.2 Å². The number of halogens is 3. The summed E-state index contributed by atoms with van der Waals surface area (Å²) in [5.41, 5.74) is 1.02. The maximum Gasteiger partial charge on any atom is 0.416 e. The molecule has 0 unspecified atom stereocenters. The predicted octanol–water partition coefficient (Wildman–Crippen LogP) is 5.06. The Balaban J connectivity index is 1.40. The van der Waals surface area contributed by atoms with Crippen LogP contribution in [0.5, 0.6) is 0 Å². The highest BCUT2D eigenvalue weighted by Gasteiger charge is 2.38. The zero-order valence-corrected chi connectivity index (χ0v) is 20.5. The first-order valence-corrected chi connectivity index (χ1v) is 13.0. The Kier molecular flexibility index (Phi) is 6.22. The van der Waals surface area contributed by atoms with Crippen molar-refractivity contribution in [1.82, 2.24) is 29.3 Å². The van der Waals surface area contributed by atoms with E-state index < -0.39 is 11.7 Å². The molecule has 1 aromatic carbocycles. The minimum Gasteiger partial charge on any atom is -0.337 e. The van der Waals surface area contributed by atoms with Crippen LogP contribution in [-0.2, 0) is 6.18 Å². The summed E-state index contributed by atoms with van der Waals surface area (Å²) in [4.78, 5) is 31.5. The Morgan fingerprint density at radius 3 is 2.24 bits per heavy atom. The minimum absolute atomic E-state index is 0.0245. The molecule has 6 rings (SSSR count). The number of likely N-dealkylation sites (tertiary alicyclic amines) is 2. The molecule has 7 nitrogen and oxygen atoms in total. The summed E-state index contributed by atoms with van der Waals surface area (Å²) < 4.78 is 42.4. The molecule has 3 aliphatic rings. The van der Waals surface area contributed by atoms with Crippen LogP contribution in [0.15, 0.2) is 43.0 Å². The van der Waals surface area contributed by atoms with Crippen LogP contribution >= 0.6 is 0 Å². The normalized spacial score (nSPS) is 19.5. The van der Waals surface area contributed by atoms with E-state index >= 15 is 0 Å². The maximum atomic E-state index is 14.1. The average molecular weight is 511 g/mol. The van der Waals surface area contributed by atoms with E-state index in [2.05, 4.69) is 14.9 Å². The van der Waals surface area contributed by atoms with Crippen molar-refractivity contribution < 1.29 is 18.0 Å².